The monoisotopic (exact) mass is 242 g/mol. The molecule has 15 heavy (non-hydrogen) atoms. The lowest BCUT2D eigenvalue weighted by Crippen LogP contribution is -1.94. The summed E-state index contributed by atoms with van der Waals surface area (Å²) >= 11 is 3.13. The van der Waals surface area contributed by atoms with Gasteiger partial charge in [-0.3, -0.25) is 5.10 Å². The topological polar surface area (TPSA) is 79.4 Å². The van der Waals surface area contributed by atoms with E-state index in [0.29, 0.717) is 0 Å². The minimum Gasteiger partial charge on any atom is -0.360 e. The lowest BCUT2D eigenvalue weighted by atomic mass is 10.8. The highest BCUT2D eigenvalue weighted by Crippen LogP contribution is 2.22. The number of aromatic nitrogens is 5. The maximum Gasteiger partial charge on any atom is 0.205 e. The van der Waals surface area contributed by atoms with Gasteiger partial charge < -0.3 is 5.32 Å². The molecule has 0 spiro atoms. The van der Waals surface area contributed by atoms with Crippen LogP contribution in [0.3, 0.4) is 0 Å². The van der Waals surface area contributed by atoms with Crippen LogP contribution in [-0.4, -0.2) is 31.9 Å². The molecule has 0 saturated carbocycles. The molecule has 0 amide bonds. The maximum absolute atomic E-state index is 4.06. The first-order valence-corrected chi connectivity index (χ1v) is 6.23. The van der Waals surface area contributed by atoms with Gasteiger partial charge in [0.15, 0.2) is 5.16 Å². The Balaban J connectivity index is 1.88. The molecule has 2 rings (SSSR count). The van der Waals surface area contributed by atoms with E-state index in [-0.39, 0.29) is 0 Å². The Labute approximate surface area is 94.9 Å². The molecule has 0 atom stereocenters. The summed E-state index contributed by atoms with van der Waals surface area (Å²) < 4.78 is 0. The van der Waals surface area contributed by atoms with Crippen LogP contribution < -0.4 is 5.32 Å². The van der Waals surface area contributed by atoms with Gasteiger partial charge in [-0.2, -0.15) is 5.10 Å². The van der Waals surface area contributed by atoms with Gasteiger partial charge in [-0.1, -0.05) is 23.1 Å². The molecule has 6 nitrogen and oxygen atoms in total. The summed E-state index contributed by atoms with van der Waals surface area (Å²) in [4.78, 5) is 4.01. The molecule has 0 radical (unpaired) electrons. The van der Waals surface area contributed by atoms with E-state index in [9.17, 15) is 0 Å². The summed E-state index contributed by atoms with van der Waals surface area (Å²) in [6.07, 6.45) is 1.49. The van der Waals surface area contributed by atoms with Crippen molar-refractivity contribution in [1.29, 1.82) is 0 Å². The molecule has 0 bridgehead atoms. The SMILES string of the molecule is CCNc1nnc(CSc2ncn[nH]2)s1. The molecule has 2 N–H and O–H groups in total. The Morgan fingerprint density at radius 2 is 2.47 bits per heavy atom. The Bertz CT molecular complexity index is 397. The quantitative estimate of drug-likeness (QED) is 0.771. The Morgan fingerprint density at radius 3 is 3.20 bits per heavy atom. The molecule has 2 aromatic heterocycles. The number of rotatable bonds is 5. The van der Waals surface area contributed by atoms with Gasteiger partial charge >= 0.3 is 0 Å². The number of aromatic amines is 1. The van der Waals surface area contributed by atoms with Crippen molar-refractivity contribution in [2.75, 3.05) is 11.9 Å². The summed E-state index contributed by atoms with van der Waals surface area (Å²) in [6, 6.07) is 0. The summed E-state index contributed by atoms with van der Waals surface area (Å²) in [5.74, 6) is 0.762. The zero-order valence-electron chi connectivity index (χ0n) is 8.10. The highest BCUT2D eigenvalue weighted by atomic mass is 32.2. The van der Waals surface area contributed by atoms with Crippen LogP contribution in [0.4, 0.5) is 5.13 Å². The molecule has 2 heterocycles. The summed E-state index contributed by atoms with van der Waals surface area (Å²) in [6.45, 7) is 2.90. The molecule has 80 valence electrons. The number of nitrogens with zero attached hydrogens (tertiary/aromatic N) is 4. The van der Waals surface area contributed by atoms with Gasteiger partial charge in [0, 0.05) is 6.54 Å². The lowest BCUT2D eigenvalue weighted by Gasteiger charge is -1.92. The molecule has 0 saturated heterocycles. The van der Waals surface area contributed by atoms with Gasteiger partial charge in [0.2, 0.25) is 5.13 Å². The number of anilines is 1. The molecule has 0 unspecified atom stereocenters. The zero-order valence-corrected chi connectivity index (χ0v) is 9.73. The highest BCUT2D eigenvalue weighted by molar-refractivity contribution is 7.98. The van der Waals surface area contributed by atoms with E-state index >= 15 is 0 Å². The smallest absolute Gasteiger partial charge is 0.205 e. The third kappa shape index (κ3) is 2.90. The largest absolute Gasteiger partial charge is 0.360 e. The van der Waals surface area contributed by atoms with E-state index in [4.69, 9.17) is 0 Å². The van der Waals surface area contributed by atoms with Gasteiger partial charge in [0.1, 0.15) is 11.3 Å². The third-order valence-electron chi connectivity index (χ3n) is 1.52. The number of hydrogen-bond donors (Lipinski definition) is 2. The fraction of sp³-hybridized carbons (Fsp3) is 0.429. The highest BCUT2D eigenvalue weighted by Gasteiger charge is 2.04. The van der Waals surface area contributed by atoms with Crippen LogP contribution in [0.1, 0.15) is 11.9 Å². The van der Waals surface area contributed by atoms with Gasteiger partial charge in [0.25, 0.3) is 0 Å². The van der Waals surface area contributed by atoms with Crippen molar-refractivity contribution in [2.24, 2.45) is 0 Å². The molecule has 8 heteroatoms. The minimum absolute atomic E-state index is 0.762. The number of H-pyrrole nitrogens is 1. The first kappa shape index (κ1) is 10.4. The van der Waals surface area contributed by atoms with Crippen LogP contribution in [0.25, 0.3) is 0 Å². The molecular weight excluding hydrogens is 232 g/mol. The molecule has 0 aliphatic carbocycles. The van der Waals surface area contributed by atoms with E-state index in [0.717, 1.165) is 27.6 Å². The van der Waals surface area contributed by atoms with Gasteiger partial charge in [-0.15, -0.1) is 10.2 Å². The molecular formula is C7H10N6S2. The van der Waals surface area contributed by atoms with Crippen molar-refractivity contribution in [2.45, 2.75) is 17.8 Å². The first-order valence-electron chi connectivity index (χ1n) is 4.43. The first-order chi connectivity index (χ1) is 7.38. The average molecular weight is 242 g/mol. The second kappa shape index (κ2) is 5.08. The number of thioether (sulfide) groups is 1. The van der Waals surface area contributed by atoms with Crippen molar-refractivity contribution in [3.63, 3.8) is 0 Å². The molecule has 0 aromatic carbocycles. The van der Waals surface area contributed by atoms with Crippen LogP contribution >= 0.6 is 23.1 Å². The summed E-state index contributed by atoms with van der Waals surface area (Å²) in [7, 11) is 0. The van der Waals surface area contributed by atoms with Crippen LogP contribution in [-0.2, 0) is 5.75 Å². The average Bonchev–Trinajstić information content (AvgIpc) is 2.85. The van der Waals surface area contributed by atoms with E-state index in [1.807, 2.05) is 6.92 Å². The van der Waals surface area contributed by atoms with Crippen molar-refractivity contribution in [3.8, 4) is 0 Å². The van der Waals surface area contributed by atoms with Crippen LogP contribution in [0.2, 0.25) is 0 Å². The van der Waals surface area contributed by atoms with E-state index in [1.54, 1.807) is 23.1 Å². The van der Waals surface area contributed by atoms with Gasteiger partial charge in [-0.05, 0) is 6.92 Å². The zero-order chi connectivity index (χ0) is 10.5. The van der Waals surface area contributed by atoms with Crippen molar-refractivity contribution in [1.82, 2.24) is 25.4 Å². The molecule has 0 fully saturated rings. The molecule has 2 aromatic rings. The maximum atomic E-state index is 4.06. The van der Waals surface area contributed by atoms with E-state index in [2.05, 4.69) is 30.7 Å². The van der Waals surface area contributed by atoms with Crippen molar-refractivity contribution >= 4 is 28.2 Å². The van der Waals surface area contributed by atoms with Gasteiger partial charge in [0.05, 0.1) is 5.75 Å². The second-order valence-electron chi connectivity index (χ2n) is 2.61. The minimum atomic E-state index is 0.762. The Hall–Kier alpha value is -1.15. The standard InChI is InChI=1S/C7H10N6S2/c1-2-8-7-13-11-5(15-7)3-14-6-9-4-10-12-6/h4H,2-3H2,1H3,(H,8,13)(H,9,10,12). The summed E-state index contributed by atoms with van der Waals surface area (Å²) in [5, 5.41) is 20.4. The van der Waals surface area contributed by atoms with Crippen LogP contribution in [0.15, 0.2) is 11.5 Å². The second-order valence-corrected chi connectivity index (χ2v) is 4.64. The predicted octanol–water partition coefficient (Wildman–Crippen LogP) is 1.38. The Kier molecular flexibility index (Phi) is 3.51. The molecule has 0 aliphatic heterocycles. The third-order valence-corrected chi connectivity index (χ3v) is 3.47. The Morgan fingerprint density at radius 1 is 1.53 bits per heavy atom. The van der Waals surface area contributed by atoms with Crippen LogP contribution in [0, 0.1) is 0 Å². The van der Waals surface area contributed by atoms with Crippen molar-refractivity contribution in [3.05, 3.63) is 11.3 Å². The normalized spacial score (nSPS) is 10.5. The van der Waals surface area contributed by atoms with E-state index in [1.165, 1.54) is 6.33 Å². The molecule has 0 aliphatic rings. The van der Waals surface area contributed by atoms with Crippen molar-refractivity contribution < 1.29 is 0 Å². The fourth-order valence-corrected chi connectivity index (χ4v) is 2.50. The predicted molar refractivity (Wildman–Crippen MR) is 60.0 cm³/mol. The summed E-state index contributed by atoms with van der Waals surface area (Å²) in [5.41, 5.74) is 0. The van der Waals surface area contributed by atoms with Gasteiger partial charge in [-0.25, -0.2) is 4.98 Å². The van der Waals surface area contributed by atoms with E-state index < -0.39 is 0 Å². The fourth-order valence-electron chi connectivity index (χ4n) is 0.928. The number of hydrogen-bond acceptors (Lipinski definition) is 7. The number of nitrogens with one attached hydrogen (secondary N) is 2. The van der Waals surface area contributed by atoms with Crippen LogP contribution in [0.5, 0.6) is 0 Å². The lowest BCUT2D eigenvalue weighted by molar-refractivity contribution is 0.969.